The minimum absolute atomic E-state index is 0.0141. The zero-order valence-electron chi connectivity index (χ0n) is 11.0. The van der Waals surface area contributed by atoms with Crippen molar-refractivity contribution in [1.82, 2.24) is 5.32 Å². The van der Waals surface area contributed by atoms with E-state index in [0.717, 1.165) is 25.7 Å². The number of hydrogen-bond acceptors (Lipinski definition) is 4. The van der Waals surface area contributed by atoms with E-state index < -0.39 is 15.3 Å². The highest BCUT2D eigenvalue weighted by Gasteiger charge is 2.41. The Morgan fingerprint density at radius 2 is 1.84 bits per heavy atom. The number of rotatable bonds is 2. The summed E-state index contributed by atoms with van der Waals surface area (Å²) in [4.78, 5) is 12.3. The van der Waals surface area contributed by atoms with Gasteiger partial charge in [0.15, 0.2) is 9.84 Å². The summed E-state index contributed by atoms with van der Waals surface area (Å²) < 4.78 is 22.8. The Morgan fingerprint density at radius 3 is 2.32 bits per heavy atom. The van der Waals surface area contributed by atoms with Crippen molar-refractivity contribution in [3.63, 3.8) is 0 Å². The molecule has 1 N–H and O–H groups in total. The fourth-order valence-electron chi connectivity index (χ4n) is 2.95. The Bertz CT molecular complexity index is 485. The topological polar surface area (TPSA) is 87.0 Å². The molecule has 0 spiro atoms. The first-order valence-electron chi connectivity index (χ1n) is 6.90. The van der Waals surface area contributed by atoms with E-state index >= 15 is 0 Å². The number of nitrogens with one attached hydrogen (secondary N) is 1. The summed E-state index contributed by atoms with van der Waals surface area (Å²) in [5.41, 5.74) is -0.942. The standard InChI is InChI=1S/C13H20N2O3S/c14-10-13(6-3-1-2-4-7-13)12(16)15-11-5-8-19(17,18)9-11/h11H,1-9H2,(H,15,16). The zero-order valence-corrected chi connectivity index (χ0v) is 11.8. The second-order valence-corrected chi connectivity index (χ2v) is 7.91. The summed E-state index contributed by atoms with van der Waals surface area (Å²) >= 11 is 0. The maximum absolute atomic E-state index is 12.3. The minimum Gasteiger partial charge on any atom is -0.351 e. The Morgan fingerprint density at radius 1 is 1.21 bits per heavy atom. The van der Waals surface area contributed by atoms with E-state index in [1.54, 1.807) is 0 Å². The number of nitriles is 1. The van der Waals surface area contributed by atoms with E-state index in [-0.39, 0.29) is 23.5 Å². The van der Waals surface area contributed by atoms with Crippen LogP contribution in [0.15, 0.2) is 0 Å². The summed E-state index contributed by atoms with van der Waals surface area (Å²) in [6.07, 6.45) is 5.57. The van der Waals surface area contributed by atoms with Gasteiger partial charge in [0.05, 0.1) is 17.6 Å². The van der Waals surface area contributed by atoms with Gasteiger partial charge < -0.3 is 5.32 Å². The van der Waals surface area contributed by atoms with Crippen molar-refractivity contribution in [2.24, 2.45) is 5.41 Å². The number of hydrogen-bond donors (Lipinski definition) is 1. The van der Waals surface area contributed by atoms with Crippen LogP contribution in [0.3, 0.4) is 0 Å². The molecule has 1 unspecified atom stereocenters. The van der Waals surface area contributed by atoms with Crippen LogP contribution in [0, 0.1) is 16.7 Å². The Kier molecular flexibility index (Phi) is 4.14. The minimum atomic E-state index is -3.00. The quantitative estimate of drug-likeness (QED) is 0.771. The zero-order chi connectivity index (χ0) is 13.9. The Labute approximate surface area is 114 Å². The van der Waals surface area contributed by atoms with Gasteiger partial charge in [0.2, 0.25) is 5.91 Å². The summed E-state index contributed by atoms with van der Waals surface area (Å²) in [7, 11) is -3.00. The van der Waals surface area contributed by atoms with Crippen molar-refractivity contribution >= 4 is 15.7 Å². The van der Waals surface area contributed by atoms with Crippen molar-refractivity contribution in [3.05, 3.63) is 0 Å². The summed E-state index contributed by atoms with van der Waals surface area (Å²) in [5.74, 6) is -0.114. The van der Waals surface area contributed by atoms with Gasteiger partial charge in [0.1, 0.15) is 5.41 Å². The summed E-state index contributed by atoms with van der Waals surface area (Å²) in [6, 6.07) is 1.88. The molecule has 5 nitrogen and oxygen atoms in total. The van der Waals surface area contributed by atoms with Gasteiger partial charge in [-0.3, -0.25) is 4.79 Å². The summed E-state index contributed by atoms with van der Waals surface area (Å²) in [6.45, 7) is 0. The van der Waals surface area contributed by atoms with Crippen LogP contribution in [0.1, 0.15) is 44.9 Å². The van der Waals surface area contributed by atoms with Crippen LogP contribution in [0.5, 0.6) is 0 Å². The van der Waals surface area contributed by atoms with Gasteiger partial charge in [0.25, 0.3) is 0 Å². The molecule has 2 rings (SSSR count). The third-order valence-electron chi connectivity index (χ3n) is 4.17. The SMILES string of the molecule is N#CC1(C(=O)NC2CCS(=O)(=O)C2)CCCCCC1. The van der Waals surface area contributed by atoms with Crippen LogP contribution in [0.25, 0.3) is 0 Å². The maximum atomic E-state index is 12.3. The average molecular weight is 284 g/mol. The third-order valence-corrected chi connectivity index (χ3v) is 5.94. The molecule has 2 aliphatic rings. The van der Waals surface area contributed by atoms with Crippen LogP contribution in [-0.4, -0.2) is 31.9 Å². The van der Waals surface area contributed by atoms with Crippen LogP contribution in [0.4, 0.5) is 0 Å². The number of sulfone groups is 1. The van der Waals surface area contributed by atoms with E-state index in [9.17, 15) is 18.5 Å². The molecule has 0 aromatic heterocycles. The second kappa shape index (κ2) is 5.49. The van der Waals surface area contributed by atoms with Crippen LogP contribution in [0.2, 0.25) is 0 Å². The molecular weight excluding hydrogens is 264 g/mol. The highest BCUT2D eigenvalue weighted by Crippen LogP contribution is 2.35. The molecule has 1 amide bonds. The van der Waals surface area contributed by atoms with E-state index in [1.807, 2.05) is 0 Å². The third kappa shape index (κ3) is 3.27. The lowest BCUT2D eigenvalue weighted by atomic mass is 9.81. The number of nitrogens with zero attached hydrogens (tertiary/aromatic N) is 1. The molecule has 0 bridgehead atoms. The predicted molar refractivity (Wildman–Crippen MR) is 70.9 cm³/mol. The lowest BCUT2D eigenvalue weighted by molar-refractivity contribution is -0.129. The van der Waals surface area contributed by atoms with E-state index in [4.69, 9.17) is 0 Å². The first-order valence-corrected chi connectivity index (χ1v) is 8.72. The Balaban J connectivity index is 2.03. The molecule has 6 heteroatoms. The molecule has 1 aliphatic heterocycles. The van der Waals surface area contributed by atoms with Gasteiger partial charge in [-0.2, -0.15) is 5.26 Å². The lowest BCUT2D eigenvalue weighted by Crippen LogP contribution is -2.45. The molecule has 0 aromatic carbocycles. The molecule has 1 saturated heterocycles. The maximum Gasteiger partial charge on any atom is 0.240 e. The molecule has 2 fully saturated rings. The highest BCUT2D eigenvalue weighted by atomic mass is 32.2. The van der Waals surface area contributed by atoms with Gasteiger partial charge in [-0.1, -0.05) is 25.7 Å². The average Bonchev–Trinajstić information content (AvgIpc) is 2.59. The van der Waals surface area contributed by atoms with Crippen LogP contribution >= 0.6 is 0 Å². The van der Waals surface area contributed by atoms with Gasteiger partial charge in [-0.15, -0.1) is 0 Å². The van der Waals surface area contributed by atoms with Crippen molar-refractivity contribution in [3.8, 4) is 6.07 Å². The number of carbonyl (C=O) groups is 1. The van der Waals surface area contributed by atoms with Crippen molar-refractivity contribution in [1.29, 1.82) is 5.26 Å². The molecule has 0 radical (unpaired) electrons. The van der Waals surface area contributed by atoms with Gasteiger partial charge in [0, 0.05) is 6.04 Å². The second-order valence-electron chi connectivity index (χ2n) is 5.68. The van der Waals surface area contributed by atoms with Crippen LogP contribution < -0.4 is 5.32 Å². The molecule has 1 heterocycles. The Hall–Kier alpha value is -1.09. The molecule has 1 aliphatic carbocycles. The first-order chi connectivity index (χ1) is 8.97. The van der Waals surface area contributed by atoms with Crippen molar-refractivity contribution in [2.75, 3.05) is 11.5 Å². The fourth-order valence-corrected chi connectivity index (χ4v) is 4.63. The lowest BCUT2D eigenvalue weighted by Gasteiger charge is -2.25. The largest absolute Gasteiger partial charge is 0.351 e. The van der Waals surface area contributed by atoms with Gasteiger partial charge in [-0.25, -0.2) is 8.42 Å². The number of carbonyl (C=O) groups excluding carboxylic acids is 1. The van der Waals surface area contributed by atoms with Crippen molar-refractivity contribution < 1.29 is 13.2 Å². The first kappa shape index (κ1) is 14.3. The monoisotopic (exact) mass is 284 g/mol. The number of amides is 1. The molecule has 1 atom stereocenters. The van der Waals surface area contributed by atoms with Gasteiger partial charge in [-0.05, 0) is 19.3 Å². The molecule has 106 valence electrons. The molecule has 0 aromatic rings. The predicted octanol–water partition coefficient (Wildman–Crippen LogP) is 1.15. The summed E-state index contributed by atoms with van der Waals surface area (Å²) in [5, 5.41) is 12.2. The van der Waals surface area contributed by atoms with E-state index in [2.05, 4.69) is 11.4 Å². The molecule has 19 heavy (non-hydrogen) atoms. The van der Waals surface area contributed by atoms with E-state index in [0.29, 0.717) is 19.3 Å². The molecular formula is C13H20N2O3S. The van der Waals surface area contributed by atoms with Gasteiger partial charge >= 0.3 is 0 Å². The highest BCUT2D eigenvalue weighted by molar-refractivity contribution is 7.91. The molecule has 1 saturated carbocycles. The van der Waals surface area contributed by atoms with E-state index in [1.165, 1.54) is 0 Å². The van der Waals surface area contributed by atoms with Crippen molar-refractivity contribution in [2.45, 2.75) is 51.0 Å². The van der Waals surface area contributed by atoms with Crippen LogP contribution in [-0.2, 0) is 14.6 Å². The smallest absolute Gasteiger partial charge is 0.240 e. The normalized spacial score (nSPS) is 29.1. The fraction of sp³-hybridized carbons (Fsp3) is 0.846.